The van der Waals surface area contributed by atoms with E-state index in [4.69, 9.17) is 0 Å². The number of sulfonamides is 1. The van der Waals surface area contributed by atoms with E-state index in [1.54, 1.807) is 35.6 Å². The molecule has 0 unspecified atom stereocenters. The number of nitrogens with one attached hydrogen (secondary N) is 1. The van der Waals surface area contributed by atoms with Crippen molar-refractivity contribution < 1.29 is 13.2 Å². The minimum Gasteiger partial charge on any atom is -0.325 e. The van der Waals surface area contributed by atoms with E-state index in [0.717, 1.165) is 31.4 Å². The van der Waals surface area contributed by atoms with Gasteiger partial charge in [-0.05, 0) is 49.6 Å². The Kier molecular flexibility index (Phi) is 7.69. The lowest BCUT2D eigenvalue weighted by Crippen LogP contribution is -2.32. The van der Waals surface area contributed by atoms with Gasteiger partial charge in [-0.15, -0.1) is 11.8 Å². The molecule has 0 atom stereocenters. The van der Waals surface area contributed by atoms with E-state index in [-0.39, 0.29) is 16.6 Å². The standard InChI is InChI=1S/C21H27N3O3S2/c1-17-9-10-18(23-21(25)16-28-15-19-8-4-5-11-22-19)14-20(17)29(26,27)24-12-6-2-3-7-13-24/h4-5,8-11,14H,2-3,6-7,12-13,15-16H2,1H3,(H,23,25). The summed E-state index contributed by atoms with van der Waals surface area (Å²) >= 11 is 1.47. The van der Waals surface area contributed by atoms with Crippen LogP contribution >= 0.6 is 11.8 Å². The molecule has 1 aromatic carbocycles. The number of aromatic nitrogens is 1. The minimum atomic E-state index is -3.56. The third-order valence-electron chi connectivity index (χ3n) is 4.86. The van der Waals surface area contributed by atoms with E-state index < -0.39 is 10.0 Å². The maximum Gasteiger partial charge on any atom is 0.243 e. The van der Waals surface area contributed by atoms with Crippen molar-refractivity contribution >= 4 is 33.4 Å². The molecule has 0 spiro atoms. The summed E-state index contributed by atoms with van der Waals surface area (Å²) in [5, 5.41) is 2.82. The van der Waals surface area contributed by atoms with Crippen LogP contribution in [0.5, 0.6) is 0 Å². The summed E-state index contributed by atoms with van der Waals surface area (Å²) in [7, 11) is -3.56. The predicted molar refractivity (Wildman–Crippen MR) is 117 cm³/mol. The molecule has 1 amide bonds. The third-order valence-corrected chi connectivity index (χ3v) is 7.87. The lowest BCUT2D eigenvalue weighted by atomic mass is 10.2. The number of hydrogen-bond donors (Lipinski definition) is 1. The maximum atomic E-state index is 13.1. The number of thioether (sulfide) groups is 1. The fraction of sp³-hybridized carbons (Fsp3) is 0.429. The van der Waals surface area contributed by atoms with Crippen LogP contribution in [-0.2, 0) is 20.6 Å². The van der Waals surface area contributed by atoms with Gasteiger partial charge in [0.05, 0.1) is 16.3 Å². The lowest BCUT2D eigenvalue weighted by molar-refractivity contribution is -0.113. The molecule has 6 nitrogen and oxygen atoms in total. The van der Waals surface area contributed by atoms with Crippen LogP contribution in [0.25, 0.3) is 0 Å². The van der Waals surface area contributed by atoms with Crippen LogP contribution in [0.2, 0.25) is 0 Å². The monoisotopic (exact) mass is 433 g/mol. The Morgan fingerprint density at radius 3 is 2.59 bits per heavy atom. The zero-order valence-electron chi connectivity index (χ0n) is 16.6. The zero-order chi connectivity index (χ0) is 20.7. The van der Waals surface area contributed by atoms with Crippen molar-refractivity contribution in [2.45, 2.75) is 43.3 Å². The molecule has 1 aliphatic heterocycles. The molecular formula is C21H27N3O3S2. The Bertz CT molecular complexity index is 925. The van der Waals surface area contributed by atoms with E-state index in [2.05, 4.69) is 10.3 Å². The van der Waals surface area contributed by atoms with Gasteiger partial charge < -0.3 is 5.32 Å². The average molecular weight is 434 g/mol. The Hall–Kier alpha value is -1.90. The Balaban J connectivity index is 1.64. The minimum absolute atomic E-state index is 0.159. The number of benzene rings is 1. The lowest BCUT2D eigenvalue weighted by Gasteiger charge is -2.21. The van der Waals surface area contributed by atoms with Crippen LogP contribution in [0.4, 0.5) is 5.69 Å². The van der Waals surface area contributed by atoms with Gasteiger partial charge in [-0.1, -0.05) is 25.0 Å². The summed E-state index contributed by atoms with van der Waals surface area (Å²) in [5.74, 6) is 0.767. The van der Waals surface area contributed by atoms with Crippen molar-refractivity contribution in [1.29, 1.82) is 0 Å². The van der Waals surface area contributed by atoms with E-state index in [1.165, 1.54) is 11.8 Å². The molecule has 0 aliphatic carbocycles. The number of carbonyl (C=O) groups excluding carboxylic acids is 1. The molecule has 2 aromatic rings. The highest BCUT2D eigenvalue weighted by Crippen LogP contribution is 2.26. The SMILES string of the molecule is Cc1ccc(NC(=O)CSCc2ccccn2)cc1S(=O)(=O)N1CCCCCC1. The van der Waals surface area contributed by atoms with Crippen LogP contribution in [0, 0.1) is 6.92 Å². The highest BCUT2D eigenvalue weighted by atomic mass is 32.2. The predicted octanol–water partition coefficient (Wildman–Crippen LogP) is 3.83. The number of aryl methyl sites for hydroxylation is 1. The van der Waals surface area contributed by atoms with E-state index in [1.807, 2.05) is 18.2 Å². The Morgan fingerprint density at radius 1 is 1.14 bits per heavy atom. The molecule has 0 bridgehead atoms. The van der Waals surface area contributed by atoms with Crippen LogP contribution in [0.3, 0.4) is 0 Å². The second-order valence-electron chi connectivity index (χ2n) is 7.16. The number of pyridine rings is 1. The molecule has 3 rings (SSSR count). The van der Waals surface area contributed by atoms with Gasteiger partial charge in [0.15, 0.2) is 0 Å². The highest BCUT2D eigenvalue weighted by Gasteiger charge is 2.27. The molecule has 1 fully saturated rings. The molecule has 0 radical (unpaired) electrons. The molecule has 1 aliphatic rings. The molecule has 156 valence electrons. The van der Waals surface area contributed by atoms with Gasteiger partial charge in [0, 0.05) is 30.7 Å². The van der Waals surface area contributed by atoms with Gasteiger partial charge in [0.25, 0.3) is 0 Å². The third kappa shape index (κ3) is 6.04. The van der Waals surface area contributed by atoms with E-state index in [0.29, 0.717) is 30.1 Å². The number of hydrogen-bond acceptors (Lipinski definition) is 5. The number of amides is 1. The second kappa shape index (κ2) is 10.2. The van der Waals surface area contributed by atoms with E-state index in [9.17, 15) is 13.2 Å². The fourth-order valence-electron chi connectivity index (χ4n) is 3.31. The molecule has 29 heavy (non-hydrogen) atoms. The van der Waals surface area contributed by atoms with Gasteiger partial charge in [-0.25, -0.2) is 8.42 Å². The number of anilines is 1. The summed E-state index contributed by atoms with van der Waals surface area (Å²) in [5.41, 5.74) is 2.12. The Labute approximate surface area is 177 Å². The van der Waals surface area contributed by atoms with E-state index >= 15 is 0 Å². The molecule has 8 heteroatoms. The highest BCUT2D eigenvalue weighted by molar-refractivity contribution is 7.99. The largest absolute Gasteiger partial charge is 0.325 e. The van der Waals surface area contributed by atoms with Crippen molar-refractivity contribution in [2.75, 3.05) is 24.2 Å². The zero-order valence-corrected chi connectivity index (χ0v) is 18.3. The first kappa shape index (κ1) is 21.8. The quantitative estimate of drug-likeness (QED) is 0.718. The van der Waals surface area contributed by atoms with Crippen molar-refractivity contribution in [3.8, 4) is 0 Å². The first-order valence-corrected chi connectivity index (χ1v) is 12.4. The number of rotatable bonds is 7. The molecule has 0 saturated carbocycles. The fourth-order valence-corrected chi connectivity index (χ4v) is 5.81. The first-order valence-electron chi connectivity index (χ1n) is 9.85. The molecule has 1 saturated heterocycles. The topological polar surface area (TPSA) is 79.4 Å². The van der Waals surface area contributed by atoms with Crippen molar-refractivity contribution in [3.63, 3.8) is 0 Å². The van der Waals surface area contributed by atoms with Crippen LogP contribution in [0.15, 0.2) is 47.5 Å². The van der Waals surface area contributed by atoms with Gasteiger partial charge in [-0.2, -0.15) is 4.31 Å². The van der Waals surface area contributed by atoms with Crippen molar-refractivity contribution in [1.82, 2.24) is 9.29 Å². The smallest absolute Gasteiger partial charge is 0.243 e. The summed E-state index contributed by atoms with van der Waals surface area (Å²) in [4.78, 5) is 16.8. The summed E-state index contributed by atoms with van der Waals surface area (Å²) < 4.78 is 27.8. The molecule has 2 heterocycles. The number of nitrogens with zero attached hydrogens (tertiary/aromatic N) is 2. The van der Waals surface area contributed by atoms with Crippen molar-refractivity contribution in [3.05, 3.63) is 53.9 Å². The van der Waals surface area contributed by atoms with Crippen molar-refractivity contribution in [2.24, 2.45) is 0 Å². The molecule has 1 aromatic heterocycles. The summed E-state index contributed by atoms with van der Waals surface area (Å²) in [6.07, 6.45) is 5.65. The second-order valence-corrected chi connectivity index (χ2v) is 10.1. The first-order chi connectivity index (χ1) is 14.0. The molecular weight excluding hydrogens is 406 g/mol. The van der Waals surface area contributed by atoms with Gasteiger partial charge >= 0.3 is 0 Å². The summed E-state index contributed by atoms with van der Waals surface area (Å²) in [6.45, 7) is 2.91. The van der Waals surface area contributed by atoms with Gasteiger partial charge in [0.2, 0.25) is 15.9 Å². The van der Waals surface area contributed by atoms with Gasteiger partial charge in [-0.3, -0.25) is 9.78 Å². The van der Waals surface area contributed by atoms with Gasteiger partial charge in [0.1, 0.15) is 0 Å². The van der Waals surface area contributed by atoms with Crippen LogP contribution in [-0.4, -0.2) is 42.5 Å². The van der Waals surface area contributed by atoms with Crippen LogP contribution < -0.4 is 5.32 Å². The summed E-state index contributed by atoms with van der Waals surface area (Å²) in [6, 6.07) is 10.8. The average Bonchev–Trinajstić information content (AvgIpc) is 3.00. The maximum absolute atomic E-state index is 13.1. The van der Waals surface area contributed by atoms with Crippen LogP contribution in [0.1, 0.15) is 36.9 Å². The normalized spacial score (nSPS) is 15.6. The molecule has 1 N–H and O–H groups in total. The number of carbonyl (C=O) groups is 1. The Morgan fingerprint density at radius 2 is 1.90 bits per heavy atom.